The molecule has 6 heteroatoms. The predicted octanol–water partition coefficient (Wildman–Crippen LogP) is 0.188. The molecule has 0 saturated carbocycles. The number of aliphatic hydroxyl groups is 1. The molecule has 2 rings (SSSR count). The maximum atomic E-state index is 12.1. The van der Waals surface area contributed by atoms with Crippen LogP contribution < -0.4 is 0 Å². The molecule has 0 spiro atoms. The molecule has 1 N–H and O–H groups in total. The maximum Gasteiger partial charge on any atom is 0.222 e. The highest BCUT2D eigenvalue weighted by Crippen LogP contribution is 2.06. The zero-order valence-corrected chi connectivity index (χ0v) is 12.1. The van der Waals surface area contributed by atoms with Crippen molar-refractivity contribution in [1.82, 2.24) is 19.6 Å². The number of amides is 1. The molecule has 2 heterocycles. The van der Waals surface area contributed by atoms with E-state index >= 15 is 0 Å². The van der Waals surface area contributed by atoms with Crippen LogP contribution in [0.3, 0.4) is 0 Å². The quantitative estimate of drug-likeness (QED) is 0.808. The summed E-state index contributed by atoms with van der Waals surface area (Å²) in [4.78, 5) is 16.2. The lowest BCUT2D eigenvalue weighted by atomic mass is 10.2. The summed E-state index contributed by atoms with van der Waals surface area (Å²) < 4.78 is 1.86. The molecule has 0 aromatic carbocycles. The van der Waals surface area contributed by atoms with Crippen molar-refractivity contribution in [1.29, 1.82) is 0 Å². The van der Waals surface area contributed by atoms with Gasteiger partial charge in [-0.15, -0.1) is 0 Å². The molecule has 6 nitrogen and oxygen atoms in total. The Morgan fingerprint density at radius 2 is 2.10 bits per heavy atom. The van der Waals surface area contributed by atoms with Gasteiger partial charge in [0.2, 0.25) is 5.91 Å². The fourth-order valence-corrected chi connectivity index (χ4v) is 2.54. The third-order valence-electron chi connectivity index (χ3n) is 3.58. The Morgan fingerprint density at radius 1 is 1.35 bits per heavy atom. The van der Waals surface area contributed by atoms with Gasteiger partial charge in [0.05, 0.1) is 6.10 Å². The number of carbonyl (C=O) groups is 1. The molecule has 112 valence electrons. The normalized spacial score (nSPS) is 18.2. The summed E-state index contributed by atoms with van der Waals surface area (Å²) in [5.41, 5.74) is 0. The zero-order valence-electron chi connectivity index (χ0n) is 12.1. The highest BCUT2D eigenvalue weighted by atomic mass is 16.3. The van der Waals surface area contributed by atoms with Crippen LogP contribution in [0.1, 0.15) is 19.8 Å². The highest BCUT2D eigenvalue weighted by Gasteiger charge is 2.21. The van der Waals surface area contributed by atoms with Gasteiger partial charge < -0.3 is 10.0 Å². The monoisotopic (exact) mass is 280 g/mol. The van der Waals surface area contributed by atoms with Gasteiger partial charge in [0.25, 0.3) is 0 Å². The van der Waals surface area contributed by atoms with Crippen molar-refractivity contribution in [3.05, 3.63) is 18.5 Å². The molecule has 1 amide bonds. The number of hydrogen-bond acceptors (Lipinski definition) is 4. The Morgan fingerprint density at radius 3 is 2.70 bits per heavy atom. The molecule has 1 atom stereocenters. The Hall–Kier alpha value is -1.40. The second-order valence-corrected chi connectivity index (χ2v) is 5.40. The number of hydrogen-bond donors (Lipinski definition) is 1. The first-order chi connectivity index (χ1) is 9.65. The summed E-state index contributed by atoms with van der Waals surface area (Å²) in [5, 5.41) is 13.5. The topological polar surface area (TPSA) is 61.6 Å². The number of aromatic nitrogens is 2. The molecule has 20 heavy (non-hydrogen) atoms. The number of piperazine rings is 1. The number of aliphatic hydroxyl groups excluding tert-OH is 1. The summed E-state index contributed by atoms with van der Waals surface area (Å²) in [6, 6.07) is 1.89. The number of carbonyl (C=O) groups excluding carboxylic acids is 1. The van der Waals surface area contributed by atoms with Gasteiger partial charge in [0, 0.05) is 58.1 Å². The number of rotatable bonds is 6. The minimum Gasteiger partial charge on any atom is -0.392 e. The third-order valence-corrected chi connectivity index (χ3v) is 3.58. The lowest BCUT2D eigenvalue weighted by Crippen LogP contribution is -2.50. The van der Waals surface area contributed by atoms with E-state index < -0.39 is 0 Å². The van der Waals surface area contributed by atoms with Crippen LogP contribution in [-0.4, -0.2) is 69.4 Å². The first-order valence-corrected chi connectivity index (χ1v) is 7.31. The fourth-order valence-electron chi connectivity index (χ4n) is 2.54. The highest BCUT2D eigenvalue weighted by molar-refractivity contribution is 5.76. The minimum atomic E-state index is -0.300. The third kappa shape index (κ3) is 4.61. The van der Waals surface area contributed by atoms with Gasteiger partial charge in [0.15, 0.2) is 0 Å². The van der Waals surface area contributed by atoms with Crippen molar-refractivity contribution in [2.45, 2.75) is 32.4 Å². The number of nitrogens with zero attached hydrogens (tertiary/aromatic N) is 4. The van der Waals surface area contributed by atoms with Gasteiger partial charge in [-0.25, -0.2) is 0 Å². The van der Waals surface area contributed by atoms with Crippen molar-refractivity contribution in [3.8, 4) is 0 Å². The van der Waals surface area contributed by atoms with E-state index in [9.17, 15) is 9.90 Å². The van der Waals surface area contributed by atoms with Crippen molar-refractivity contribution in [2.75, 3.05) is 32.7 Å². The van der Waals surface area contributed by atoms with Crippen LogP contribution in [0.25, 0.3) is 0 Å². The average Bonchev–Trinajstić information content (AvgIpc) is 2.92. The van der Waals surface area contributed by atoms with E-state index in [-0.39, 0.29) is 12.0 Å². The lowest BCUT2D eigenvalue weighted by molar-refractivity contribution is -0.133. The zero-order chi connectivity index (χ0) is 14.4. The summed E-state index contributed by atoms with van der Waals surface area (Å²) in [6.07, 6.45) is 4.78. The van der Waals surface area contributed by atoms with Gasteiger partial charge >= 0.3 is 0 Å². The van der Waals surface area contributed by atoms with E-state index in [1.54, 1.807) is 13.1 Å². The van der Waals surface area contributed by atoms with Crippen molar-refractivity contribution >= 4 is 5.91 Å². The van der Waals surface area contributed by atoms with E-state index in [1.807, 2.05) is 21.8 Å². The molecule has 0 bridgehead atoms. The van der Waals surface area contributed by atoms with Crippen molar-refractivity contribution < 1.29 is 9.90 Å². The molecular weight excluding hydrogens is 256 g/mol. The lowest BCUT2D eigenvalue weighted by Gasteiger charge is -2.35. The molecule has 1 unspecified atom stereocenters. The van der Waals surface area contributed by atoms with Crippen LogP contribution in [0.4, 0.5) is 0 Å². The SMILES string of the molecule is CC(O)CN1CCN(C(=O)CCCn2cccn2)CC1. The Labute approximate surface area is 120 Å². The molecule has 0 aliphatic carbocycles. The summed E-state index contributed by atoms with van der Waals surface area (Å²) in [5.74, 6) is 0.230. The molecule has 1 fully saturated rings. The standard InChI is InChI=1S/C14H24N4O2/c1-13(19)12-16-8-10-17(11-9-16)14(20)4-2-6-18-7-3-5-15-18/h3,5,7,13,19H,2,4,6,8-12H2,1H3. The van der Waals surface area contributed by atoms with Crippen LogP contribution in [0.2, 0.25) is 0 Å². The van der Waals surface area contributed by atoms with Crippen LogP contribution >= 0.6 is 0 Å². The second kappa shape index (κ2) is 7.40. The van der Waals surface area contributed by atoms with Crippen LogP contribution in [0.5, 0.6) is 0 Å². The van der Waals surface area contributed by atoms with E-state index in [2.05, 4.69) is 10.00 Å². The van der Waals surface area contributed by atoms with Gasteiger partial charge in [0.1, 0.15) is 0 Å². The van der Waals surface area contributed by atoms with Crippen LogP contribution in [0, 0.1) is 0 Å². The number of aryl methyl sites for hydroxylation is 1. The van der Waals surface area contributed by atoms with Crippen molar-refractivity contribution in [2.24, 2.45) is 0 Å². The summed E-state index contributed by atoms with van der Waals surface area (Å²) in [7, 11) is 0. The minimum absolute atomic E-state index is 0.230. The fraction of sp³-hybridized carbons (Fsp3) is 0.714. The van der Waals surface area contributed by atoms with Gasteiger partial charge in [-0.2, -0.15) is 5.10 Å². The largest absolute Gasteiger partial charge is 0.392 e. The molecule has 1 aliphatic rings. The van der Waals surface area contributed by atoms with Gasteiger partial charge in [-0.1, -0.05) is 0 Å². The van der Waals surface area contributed by atoms with Crippen LogP contribution in [0.15, 0.2) is 18.5 Å². The maximum absolute atomic E-state index is 12.1. The van der Waals surface area contributed by atoms with E-state index in [0.29, 0.717) is 13.0 Å². The average molecular weight is 280 g/mol. The predicted molar refractivity (Wildman–Crippen MR) is 76.2 cm³/mol. The molecule has 1 aliphatic heterocycles. The molecule has 0 radical (unpaired) electrons. The molecule has 1 saturated heterocycles. The Bertz CT molecular complexity index is 397. The van der Waals surface area contributed by atoms with Crippen LogP contribution in [-0.2, 0) is 11.3 Å². The van der Waals surface area contributed by atoms with E-state index in [1.165, 1.54) is 0 Å². The molecule has 1 aromatic heterocycles. The Kier molecular flexibility index (Phi) is 5.55. The smallest absolute Gasteiger partial charge is 0.222 e. The van der Waals surface area contributed by atoms with Crippen molar-refractivity contribution in [3.63, 3.8) is 0 Å². The first kappa shape index (κ1) is 15.0. The Balaban J connectivity index is 1.64. The van der Waals surface area contributed by atoms with E-state index in [0.717, 1.165) is 39.1 Å². The van der Waals surface area contributed by atoms with Gasteiger partial charge in [-0.3, -0.25) is 14.4 Å². The number of β-amino-alcohol motifs (C(OH)–C–C–N with tert-alkyl or cyclic N) is 1. The summed E-state index contributed by atoms with van der Waals surface area (Å²) in [6.45, 7) is 6.54. The first-order valence-electron chi connectivity index (χ1n) is 7.31. The second-order valence-electron chi connectivity index (χ2n) is 5.40. The van der Waals surface area contributed by atoms with E-state index in [4.69, 9.17) is 0 Å². The van der Waals surface area contributed by atoms with Gasteiger partial charge in [-0.05, 0) is 19.4 Å². The molecule has 1 aromatic rings. The summed E-state index contributed by atoms with van der Waals surface area (Å²) >= 11 is 0. The molecular formula is C14H24N4O2.